The van der Waals surface area contributed by atoms with Gasteiger partial charge in [-0.2, -0.15) is 0 Å². The van der Waals surface area contributed by atoms with Crippen molar-refractivity contribution in [1.29, 1.82) is 0 Å². The van der Waals surface area contributed by atoms with E-state index in [2.05, 4.69) is 28.2 Å². The number of rotatable bonds is 6. The van der Waals surface area contributed by atoms with E-state index in [9.17, 15) is 4.79 Å². The van der Waals surface area contributed by atoms with E-state index >= 15 is 0 Å². The lowest BCUT2D eigenvalue weighted by Gasteiger charge is -2.11. The highest BCUT2D eigenvalue weighted by molar-refractivity contribution is 5.07. The Morgan fingerprint density at radius 2 is 1.84 bits per heavy atom. The molecule has 0 unspecified atom stereocenters. The van der Waals surface area contributed by atoms with Gasteiger partial charge in [0.25, 0.3) is 5.56 Å². The molecule has 1 fully saturated rings. The first kappa shape index (κ1) is 12.2. The maximum Gasteiger partial charge on any atom is 0.250 e. The second-order valence-electron chi connectivity index (χ2n) is 5.08. The lowest BCUT2D eigenvalue weighted by Crippen LogP contribution is -2.22. The second kappa shape index (κ2) is 5.45. The molecule has 0 bridgehead atoms. The fourth-order valence-corrected chi connectivity index (χ4v) is 2.23. The molecule has 4 nitrogen and oxygen atoms in total. The van der Waals surface area contributed by atoms with E-state index in [4.69, 9.17) is 0 Å². The molecule has 2 aromatic heterocycles. The van der Waals surface area contributed by atoms with Crippen molar-refractivity contribution in [2.45, 2.75) is 38.5 Å². The smallest absolute Gasteiger partial charge is 0.250 e. The van der Waals surface area contributed by atoms with Gasteiger partial charge in [-0.15, -0.1) is 0 Å². The highest BCUT2D eigenvalue weighted by atomic mass is 16.1. The van der Waals surface area contributed by atoms with Gasteiger partial charge < -0.3 is 14.5 Å². The van der Waals surface area contributed by atoms with Crippen LogP contribution < -0.4 is 10.9 Å². The Labute approximate surface area is 112 Å². The molecule has 0 aliphatic heterocycles. The van der Waals surface area contributed by atoms with Crippen LogP contribution in [0.25, 0.3) is 0 Å². The van der Waals surface area contributed by atoms with Crippen molar-refractivity contribution in [2.75, 3.05) is 0 Å². The Balaban J connectivity index is 1.61. The van der Waals surface area contributed by atoms with E-state index < -0.39 is 0 Å². The van der Waals surface area contributed by atoms with Crippen LogP contribution in [0, 0.1) is 0 Å². The Morgan fingerprint density at radius 1 is 1.05 bits per heavy atom. The summed E-state index contributed by atoms with van der Waals surface area (Å²) < 4.78 is 3.97. The minimum Gasteiger partial charge on any atom is -0.348 e. The summed E-state index contributed by atoms with van der Waals surface area (Å²) in [5, 5.41) is 3.52. The Bertz CT molecular complexity index is 595. The molecular formula is C15H19N3O. The Kier molecular flexibility index (Phi) is 3.51. The SMILES string of the molecule is O=c1ccccn1CCn1cccc1CNC1CC1. The molecule has 3 rings (SSSR count). The molecule has 2 heterocycles. The largest absolute Gasteiger partial charge is 0.348 e. The van der Waals surface area contributed by atoms with Gasteiger partial charge in [-0.25, -0.2) is 0 Å². The second-order valence-corrected chi connectivity index (χ2v) is 5.08. The van der Waals surface area contributed by atoms with Crippen LogP contribution in [0.5, 0.6) is 0 Å². The van der Waals surface area contributed by atoms with Crippen molar-refractivity contribution in [3.63, 3.8) is 0 Å². The summed E-state index contributed by atoms with van der Waals surface area (Å²) >= 11 is 0. The molecule has 0 spiro atoms. The molecule has 0 aromatic carbocycles. The van der Waals surface area contributed by atoms with Gasteiger partial charge in [-0.3, -0.25) is 4.79 Å². The van der Waals surface area contributed by atoms with Crippen LogP contribution >= 0.6 is 0 Å². The van der Waals surface area contributed by atoms with E-state index in [-0.39, 0.29) is 5.56 Å². The minimum atomic E-state index is 0.0623. The summed E-state index contributed by atoms with van der Waals surface area (Å²) in [6.45, 7) is 2.46. The number of pyridine rings is 1. The molecule has 19 heavy (non-hydrogen) atoms. The van der Waals surface area contributed by atoms with Crippen molar-refractivity contribution in [1.82, 2.24) is 14.5 Å². The summed E-state index contributed by atoms with van der Waals surface area (Å²) in [6.07, 6.45) is 6.53. The van der Waals surface area contributed by atoms with Gasteiger partial charge in [-0.1, -0.05) is 6.07 Å². The molecule has 1 aliphatic carbocycles. The topological polar surface area (TPSA) is 39.0 Å². The first-order valence-electron chi connectivity index (χ1n) is 6.86. The van der Waals surface area contributed by atoms with Crippen LogP contribution in [-0.2, 0) is 19.6 Å². The summed E-state index contributed by atoms with van der Waals surface area (Å²) in [5.41, 5.74) is 1.35. The van der Waals surface area contributed by atoms with Crippen LogP contribution in [0.2, 0.25) is 0 Å². The molecule has 0 amide bonds. The quantitative estimate of drug-likeness (QED) is 0.853. The molecule has 100 valence electrons. The lowest BCUT2D eigenvalue weighted by atomic mass is 10.4. The minimum absolute atomic E-state index is 0.0623. The fourth-order valence-electron chi connectivity index (χ4n) is 2.23. The van der Waals surface area contributed by atoms with Crippen molar-refractivity contribution in [3.05, 3.63) is 58.8 Å². The van der Waals surface area contributed by atoms with Crippen molar-refractivity contribution in [3.8, 4) is 0 Å². The molecule has 0 saturated heterocycles. The van der Waals surface area contributed by atoms with Gasteiger partial charge in [0, 0.05) is 49.8 Å². The van der Waals surface area contributed by atoms with Gasteiger partial charge in [0.2, 0.25) is 0 Å². The number of aryl methyl sites for hydroxylation is 2. The molecule has 4 heteroatoms. The Hall–Kier alpha value is -1.81. The molecule has 0 radical (unpaired) electrons. The molecule has 1 aliphatic rings. The van der Waals surface area contributed by atoms with E-state index in [1.54, 1.807) is 16.7 Å². The van der Waals surface area contributed by atoms with E-state index in [0.29, 0.717) is 6.54 Å². The van der Waals surface area contributed by atoms with Crippen molar-refractivity contribution >= 4 is 0 Å². The molecule has 1 N–H and O–H groups in total. The first-order chi connectivity index (χ1) is 9.33. The lowest BCUT2D eigenvalue weighted by molar-refractivity contribution is 0.538. The maximum absolute atomic E-state index is 11.6. The molecular weight excluding hydrogens is 238 g/mol. The summed E-state index contributed by atoms with van der Waals surface area (Å²) in [6, 6.07) is 10.2. The Morgan fingerprint density at radius 3 is 2.63 bits per heavy atom. The summed E-state index contributed by atoms with van der Waals surface area (Å²) in [4.78, 5) is 11.6. The van der Waals surface area contributed by atoms with Crippen LogP contribution in [0.3, 0.4) is 0 Å². The zero-order valence-electron chi connectivity index (χ0n) is 11.0. The third kappa shape index (κ3) is 3.15. The standard InChI is InChI=1S/C15H19N3O/c19-15-5-1-2-8-18(15)11-10-17-9-3-4-14(17)12-16-13-6-7-13/h1-5,8-9,13,16H,6-7,10-12H2. The molecule has 0 atom stereocenters. The number of aromatic nitrogens is 2. The van der Waals surface area contributed by atoms with Crippen LogP contribution in [-0.4, -0.2) is 15.2 Å². The third-order valence-electron chi connectivity index (χ3n) is 3.55. The third-order valence-corrected chi connectivity index (χ3v) is 3.55. The number of hydrogen-bond acceptors (Lipinski definition) is 2. The molecule has 1 saturated carbocycles. The van der Waals surface area contributed by atoms with E-state index in [0.717, 1.165) is 19.1 Å². The number of nitrogens with zero attached hydrogens (tertiary/aromatic N) is 2. The monoisotopic (exact) mass is 257 g/mol. The average Bonchev–Trinajstić information content (AvgIpc) is 3.14. The van der Waals surface area contributed by atoms with Gasteiger partial charge >= 0.3 is 0 Å². The number of hydrogen-bond donors (Lipinski definition) is 1. The first-order valence-corrected chi connectivity index (χ1v) is 6.86. The summed E-state index contributed by atoms with van der Waals surface area (Å²) in [5.74, 6) is 0. The number of nitrogens with one attached hydrogen (secondary N) is 1. The van der Waals surface area contributed by atoms with E-state index in [1.165, 1.54) is 18.5 Å². The zero-order chi connectivity index (χ0) is 13.1. The zero-order valence-corrected chi connectivity index (χ0v) is 11.0. The van der Waals surface area contributed by atoms with Gasteiger partial charge in [0.15, 0.2) is 0 Å². The summed E-state index contributed by atoms with van der Waals surface area (Å²) in [7, 11) is 0. The van der Waals surface area contributed by atoms with Gasteiger partial charge in [0.1, 0.15) is 0 Å². The van der Waals surface area contributed by atoms with E-state index in [1.807, 2.05) is 12.3 Å². The fraction of sp³-hybridized carbons (Fsp3) is 0.400. The van der Waals surface area contributed by atoms with Crippen LogP contribution in [0.4, 0.5) is 0 Å². The average molecular weight is 257 g/mol. The highest BCUT2D eigenvalue weighted by Crippen LogP contribution is 2.19. The van der Waals surface area contributed by atoms with Crippen molar-refractivity contribution in [2.24, 2.45) is 0 Å². The maximum atomic E-state index is 11.6. The van der Waals surface area contributed by atoms with Gasteiger partial charge in [-0.05, 0) is 31.0 Å². The van der Waals surface area contributed by atoms with Gasteiger partial charge in [0.05, 0.1) is 0 Å². The molecule has 2 aromatic rings. The van der Waals surface area contributed by atoms with Crippen molar-refractivity contribution < 1.29 is 0 Å². The predicted octanol–water partition coefficient (Wildman–Crippen LogP) is 1.60. The van der Waals surface area contributed by atoms with Crippen LogP contribution in [0.1, 0.15) is 18.5 Å². The van der Waals surface area contributed by atoms with Crippen LogP contribution in [0.15, 0.2) is 47.5 Å². The highest BCUT2D eigenvalue weighted by Gasteiger charge is 2.20. The normalized spacial score (nSPS) is 14.7. The predicted molar refractivity (Wildman–Crippen MR) is 75.0 cm³/mol.